The van der Waals surface area contributed by atoms with E-state index in [0.717, 1.165) is 17.1 Å². The van der Waals surface area contributed by atoms with Gasteiger partial charge < -0.3 is 9.47 Å². The molecule has 0 saturated carbocycles. The summed E-state index contributed by atoms with van der Waals surface area (Å²) < 4.78 is 5.09. The number of benzene rings is 9. The Labute approximate surface area is 366 Å². The van der Waals surface area contributed by atoms with Gasteiger partial charge in [0.1, 0.15) is 0 Å². The van der Waals surface area contributed by atoms with E-state index < -0.39 is 0 Å². The minimum absolute atomic E-state index is 0.0417. The van der Waals surface area contributed by atoms with Gasteiger partial charge in [-0.3, -0.25) is 0 Å². The summed E-state index contributed by atoms with van der Waals surface area (Å²) in [4.78, 5) is 2.36. The zero-order valence-electron chi connectivity index (χ0n) is 35.3. The predicted molar refractivity (Wildman–Crippen MR) is 266 cm³/mol. The van der Waals surface area contributed by atoms with Crippen molar-refractivity contribution < 1.29 is 0 Å². The molecule has 62 heavy (non-hydrogen) atoms. The van der Waals surface area contributed by atoms with Gasteiger partial charge in [0.2, 0.25) is 0 Å². The van der Waals surface area contributed by atoms with Crippen LogP contribution in [0.25, 0.3) is 81.0 Å². The molecule has 9 aromatic carbocycles. The minimum Gasteiger partial charge on any atom is -0.311 e. The Hall–Kier alpha value is -7.20. The summed E-state index contributed by atoms with van der Waals surface area (Å²) in [5.41, 5.74) is 19.9. The minimum atomic E-state index is -0.0417. The highest BCUT2D eigenvalue weighted by molar-refractivity contribution is 7.25. The summed E-state index contributed by atoms with van der Waals surface area (Å²) in [6, 6.07) is 72.4. The number of hydrogen-bond donors (Lipinski definition) is 0. The van der Waals surface area contributed by atoms with E-state index in [1.807, 2.05) is 11.3 Å². The first-order valence-corrected chi connectivity index (χ1v) is 22.4. The maximum atomic E-state index is 2.45. The number of thiophene rings is 1. The molecule has 2 aromatic heterocycles. The van der Waals surface area contributed by atoms with Crippen molar-refractivity contribution in [3.05, 3.63) is 216 Å². The number of rotatable bonds is 6. The van der Waals surface area contributed by atoms with Gasteiger partial charge in [0.05, 0.1) is 11.0 Å². The van der Waals surface area contributed by atoms with Crippen molar-refractivity contribution in [3.63, 3.8) is 0 Å². The standard InChI is InChI=1S/C59H44N2S/c1-37-13-22-43(23-14-37)60(44-24-16-39(17-25-44)41-20-30-48-47-29-15-38(2)33-53(47)59(3,4)54(48)34-41)45-26-18-40(19-27-45)42-21-31-50-49-9-5-7-11-55(49)61(56(50)35-42)46-28-32-58-52(36-46)51-10-6-8-12-57(51)62-58/h5-36H,1-4H3. The lowest BCUT2D eigenvalue weighted by Gasteiger charge is -2.26. The summed E-state index contributed by atoms with van der Waals surface area (Å²) >= 11 is 1.86. The van der Waals surface area contributed by atoms with E-state index in [4.69, 9.17) is 0 Å². The van der Waals surface area contributed by atoms with Gasteiger partial charge in [-0.2, -0.15) is 0 Å². The molecule has 0 saturated heterocycles. The van der Waals surface area contributed by atoms with E-state index in [9.17, 15) is 0 Å². The summed E-state index contributed by atoms with van der Waals surface area (Å²) in [7, 11) is 0. The van der Waals surface area contributed by atoms with Crippen molar-refractivity contribution in [1.82, 2.24) is 4.57 Å². The van der Waals surface area contributed by atoms with E-state index in [-0.39, 0.29) is 5.41 Å². The van der Waals surface area contributed by atoms with Gasteiger partial charge in [0.15, 0.2) is 0 Å². The number of hydrogen-bond acceptors (Lipinski definition) is 2. The second-order valence-corrected chi connectivity index (χ2v) is 18.6. The Morgan fingerprint density at radius 1 is 0.403 bits per heavy atom. The zero-order chi connectivity index (χ0) is 41.7. The van der Waals surface area contributed by atoms with Crippen molar-refractivity contribution in [2.45, 2.75) is 33.1 Å². The summed E-state index contributed by atoms with van der Waals surface area (Å²) in [6.07, 6.45) is 0. The highest BCUT2D eigenvalue weighted by Crippen LogP contribution is 2.50. The zero-order valence-corrected chi connectivity index (χ0v) is 36.1. The van der Waals surface area contributed by atoms with E-state index in [1.165, 1.54) is 103 Å². The Morgan fingerprint density at radius 2 is 0.935 bits per heavy atom. The van der Waals surface area contributed by atoms with Crippen molar-refractivity contribution in [3.8, 4) is 39.1 Å². The van der Waals surface area contributed by atoms with Gasteiger partial charge >= 0.3 is 0 Å². The quantitative estimate of drug-likeness (QED) is 0.162. The Bertz CT molecular complexity index is 3550. The number of aryl methyl sites for hydroxylation is 2. The summed E-state index contributed by atoms with van der Waals surface area (Å²) in [6.45, 7) is 9.06. The number of para-hydroxylation sites is 1. The number of nitrogens with zero attached hydrogens (tertiary/aromatic N) is 2. The third-order valence-corrected chi connectivity index (χ3v) is 14.5. The lowest BCUT2D eigenvalue weighted by molar-refractivity contribution is 0.660. The van der Waals surface area contributed by atoms with E-state index in [2.05, 4.69) is 231 Å². The molecule has 0 aliphatic heterocycles. The largest absolute Gasteiger partial charge is 0.311 e. The van der Waals surface area contributed by atoms with Crippen LogP contribution in [0.4, 0.5) is 17.1 Å². The molecule has 11 aromatic rings. The topological polar surface area (TPSA) is 8.17 Å². The normalized spacial score (nSPS) is 13.0. The van der Waals surface area contributed by atoms with E-state index in [0.29, 0.717) is 0 Å². The molecule has 1 aliphatic rings. The second-order valence-electron chi connectivity index (χ2n) is 17.6. The van der Waals surface area contributed by atoms with Crippen LogP contribution in [-0.4, -0.2) is 4.57 Å². The highest BCUT2D eigenvalue weighted by atomic mass is 32.1. The van der Waals surface area contributed by atoms with Gasteiger partial charge in [0.25, 0.3) is 0 Å². The SMILES string of the molecule is Cc1ccc(N(c2ccc(-c3ccc4c(c3)C(C)(C)c3cc(C)ccc3-4)cc2)c2ccc(-c3ccc4c5ccccc5n(-c5ccc6sc7ccccc7c6c5)c4c3)cc2)cc1. The fourth-order valence-corrected chi connectivity index (χ4v) is 11.1. The molecule has 0 bridgehead atoms. The fourth-order valence-electron chi connectivity index (χ4n) is 10.1. The van der Waals surface area contributed by atoms with Crippen LogP contribution in [-0.2, 0) is 5.41 Å². The Morgan fingerprint density at radius 3 is 1.66 bits per heavy atom. The average molecular weight is 813 g/mol. The summed E-state index contributed by atoms with van der Waals surface area (Å²) in [5.74, 6) is 0. The molecular weight excluding hydrogens is 769 g/mol. The van der Waals surface area contributed by atoms with Crippen LogP contribution in [0, 0.1) is 13.8 Å². The highest BCUT2D eigenvalue weighted by Gasteiger charge is 2.35. The molecule has 3 heteroatoms. The maximum Gasteiger partial charge on any atom is 0.0547 e. The first-order chi connectivity index (χ1) is 30.3. The molecule has 0 N–H and O–H groups in total. The van der Waals surface area contributed by atoms with Crippen molar-refractivity contribution in [1.29, 1.82) is 0 Å². The number of aromatic nitrogens is 1. The van der Waals surface area contributed by atoms with E-state index >= 15 is 0 Å². The first-order valence-electron chi connectivity index (χ1n) is 21.6. The molecule has 296 valence electrons. The van der Waals surface area contributed by atoms with Gasteiger partial charge in [-0.1, -0.05) is 140 Å². The molecule has 0 unspecified atom stereocenters. The van der Waals surface area contributed by atoms with Crippen LogP contribution in [0.3, 0.4) is 0 Å². The molecule has 1 aliphatic carbocycles. The Balaban J connectivity index is 0.906. The lowest BCUT2D eigenvalue weighted by atomic mass is 9.81. The molecule has 12 rings (SSSR count). The van der Waals surface area contributed by atoms with Crippen LogP contribution in [0.15, 0.2) is 194 Å². The molecule has 0 spiro atoms. The van der Waals surface area contributed by atoms with Gasteiger partial charge in [-0.25, -0.2) is 0 Å². The van der Waals surface area contributed by atoms with Crippen molar-refractivity contribution >= 4 is 70.4 Å². The monoisotopic (exact) mass is 812 g/mol. The van der Waals surface area contributed by atoms with Gasteiger partial charge in [-0.05, 0) is 137 Å². The molecule has 0 atom stereocenters. The van der Waals surface area contributed by atoms with Crippen molar-refractivity contribution in [2.75, 3.05) is 4.90 Å². The summed E-state index contributed by atoms with van der Waals surface area (Å²) in [5, 5.41) is 5.15. The lowest BCUT2D eigenvalue weighted by Crippen LogP contribution is -2.15. The average Bonchev–Trinajstić information content (AvgIpc) is 3.92. The smallest absolute Gasteiger partial charge is 0.0547 e. The third-order valence-electron chi connectivity index (χ3n) is 13.3. The molecule has 0 amide bonds. The molecule has 2 heterocycles. The van der Waals surface area contributed by atoms with Crippen LogP contribution in [0.5, 0.6) is 0 Å². The number of anilines is 3. The third kappa shape index (κ3) is 5.76. The van der Waals surface area contributed by atoms with Crippen LogP contribution in [0.1, 0.15) is 36.1 Å². The van der Waals surface area contributed by atoms with Gasteiger partial charge in [0, 0.05) is 59.1 Å². The maximum absolute atomic E-state index is 2.45. The number of fused-ring (bicyclic) bond motifs is 9. The molecule has 2 nitrogen and oxygen atoms in total. The van der Waals surface area contributed by atoms with E-state index in [1.54, 1.807) is 0 Å². The molecular formula is C59H44N2S. The predicted octanol–water partition coefficient (Wildman–Crippen LogP) is 16.9. The molecule has 0 fully saturated rings. The van der Waals surface area contributed by atoms with Crippen LogP contribution >= 0.6 is 11.3 Å². The van der Waals surface area contributed by atoms with Gasteiger partial charge in [-0.15, -0.1) is 11.3 Å². The van der Waals surface area contributed by atoms with Crippen LogP contribution < -0.4 is 4.90 Å². The van der Waals surface area contributed by atoms with Crippen LogP contribution in [0.2, 0.25) is 0 Å². The molecule has 0 radical (unpaired) electrons. The fraction of sp³-hybridized carbons (Fsp3) is 0.0847. The first kappa shape index (κ1) is 36.6. The Kier molecular flexibility index (Phi) is 8.23. The second kappa shape index (κ2) is 13.9. The van der Waals surface area contributed by atoms with Crippen molar-refractivity contribution in [2.24, 2.45) is 0 Å².